The third-order valence-electron chi connectivity index (χ3n) is 3.86. The van der Waals surface area contributed by atoms with Crippen molar-refractivity contribution in [1.29, 1.82) is 0 Å². The fraction of sp³-hybridized carbons (Fsp3) is 0.643. The van der Waals surface area contributed by atoms with Crippen LogP contribution in [0.4, 0.5) is 0 Å². The van der Waals surface area contributed by atoms with Gasteiger partial charge in [-0.15, -0.1) is 0 Å². The van der Waals surface area contributed by atoms with Crippen molar-refractivity contribution >= 4 is 17.2 Å². The molecule has 1 amide bonds. The Morgan fingerprint density at radius 2 is 2.22 bits per heavy atom. The van der Waals surface area contributed by atoms with Crippen LogP contribution in [0.1, 0.15) is 44.2 Å². The molecule has 0 bridgehead atoms. The van der Waals surface area contributed by atoms with Crippen LogP contribution in [0.15, 0.2) is 16.8 Å². The zero-order chi connectivity index (χ0) is 13.0. The molecule has 4 heteroatoms. The minimum atomic E-state index is 0.129. The number of thiophene rings is 1. The van der Waals surface area contributed by atoms with E-state index in [2.05, 4.69) is 34.4 Å². The number of hydrogen-bond acceptors (Lipinski definition) is 3. The second kappa shape index (κ2) is 6.34. The minimum absolute atomic E-state index is 0.129. The van der Waals surface area contributed by atoms with E-state index in [1.807, 2.05) is 0 Å². The van der Waals surface area contributed by atoms with Gasteiger partial charge in [0.05, 0.1) is 5.92 Å². The second-order valence-electron chi connectivity index (χ2n) is 5.06. The van der Waals surface area contributed by atoms with Gasteiger partial charge in [0, 0.05) is 19.1 Å². The Kier molecular flexibility index (Phi) is 4.78. The highest BCUT2D eigenvalue weighted by molar-refractivity contribution is 7.07. The van der Waals surface area contributed by atoms with Gasteiger partial charge in [0.25, 0.3) is 0 Å². The topological polar surface area (TPSA) is 41.1 Å². The summed E-state index contributed by atoms with van der Waals surface area (Å²) in [5, 5.41) is 10.7. The van der Waals surface area contributed by atoms with Crippen molar-refractivity contribution in [2.75, 3.05) is 7.05 Å². The summed E-state index contributed by atoms with van der Waals surface area (Å²) in [6.07, 6.45) is 4.50. The molecule has 3 atom stereocenters. The number of amides is 1. The van der Waals surface area contributed by atoms with Crippen LogP contribution in [0.2, 0.25) is 0 Å². The van der Waals surface area contributed by atoms with Crippen molar-refractivity contribution in [3.63, 3.8) is 0 Å². The molecule has 2 N–H and O–H groups in total. The Morgan fingerprint density at radius 3 is 2.89 bits per heavy atom. The maximum absolute atomic E-state index is 11.9. The normalized spacial score (nSPS) is 25.7. The van der Waals surface area contributed by atoms with Crippen LogP contribution in [0.3, 0.4) is 0 Å². The summed E-state index contributed by atoms with van der Waals surface area (Å²) in [5.41, 5.74) is 1.32. The lowest BCUT2D eigenvalue weighted by Gasteiger charge is -2.33. The molecule has 1 aliphatic rings. The monoisotopic (exact) mass is 266 g/mol. The minimum Gasteiger partial charge on any atom is -0.359 e. The predicted molar refractivity (Wildman–Crippen MR) is 75.7 cm³/mol. The van der Waals surface area contributed by atoms with Gasteiger partial charge in [-0.3, -0.25) is 4.79 Å². The summed E-state index contributed by atoms with van der Waals surface area (Å²) in [5.74, 6) is 0.314. The Bertz CT molecular complexity index is 377. The Morgan fingerprint density at radius 1 is 1.44 bits per heavy atom. The second-order valence-corrected chi connectivity index (χ2v) is 5.84. The van der Waals surface area contributed by atoms with Gasteiger partial charge in [-0.2, -0.15) is 11.3 Å². The largest absolute Gasteiger partial charge is 0.359 e. The Balaban J connectivity index is 1.99. The lowest BCUT2D eigenvalue weighted by atomic mass is 9.83. The summed E-state index contributed by atoms with van der Waals surface area (Å²) in [4.78, 5) is 11.9. The molecule has 0 aliphatic heterocycles. The summed E-state index contributed by atoms with van der Waals surface area (Å²) < 4.78 is 0. The zero-order valence-corrected chi connectivity index (χ0v) is 11.9. The lowest BCUT2D eigenvalue weighted by Crippen LogP contribution is -2.46. The third-order valence-corrected chi connectivity index (χ3v) is 4.56. The van der Waals surface area contributed by atoms with E-state index >= 15 is 0 Å². The molecule has 1 fully saturated rings. The standard InChI is InChI=1S/C14H22N2OS/c1-10(11-7-8-18-9-11)16-13-6-4-3-5-12(13)14(17)15-2/h7-10,12-13,16H,3-6H2,1-2H3,(H,15,17)/t10-,12+,13+/m0/s1. The van der Waals surface area contributed by atoms with Crippen molar-refractivity contribution in [2.45, 2.75) is 44.7 Å². The predicted octanol–water partition coefficient (Wildman–Crippen LogP) is 2.70. The van der Waals surface area contributed by atoms with Crippen molar-refractivity contribution < 1.29 is 4.79 Å². The maximum atomic E-state index is 11.9. The van der Waals surface area contributed by atoms with E-state index in [4.69, 9.17) is 0 Å². The van der Waals surface area contributed by atoms with Gasteiger partial charge in [0.2, 0.25) is 5.91 Å². The molecule has 0 saturated heterocycles. The molecule has 1 aliphatic carbocycles. The molecule has 0 spiro atoms. The van der Waals surface area contributed by atoms with Crippen LogP contribution in [0, 0.1) is 5.92 Å². The van der Waals surface area contributed by atoms with Crippen LogP contribution in [-0.2, 0) is 4.79 Å². The summed E-state index contributed by atoms with van der Waals surface area (Å²) >= 11 is 1.72. The molecule has 1 aromatic rings. The van der Waals surface area contributed by atoms with E-state index in [9.17, 15) is 4.79 Å². The molecule has 0 radical (unpaired) electrons. The van der Waals surface area contributed by atoms with Crippen molar-refractivity contribution in [1.82, 2.24) is 10.6 Å². The Labute approximate surface area is 113 Å². The maximum Gasteiger partial charge on any atom is 0.224 e. The number of nitrogens with one attached hydrogen (secondary N) is 2. The molecule has 3 nitrogen and oxygen atoms in total. The zero-order valence-electron chi connectivity index (χ0n) is 11.1. The summed E-state index contributed by atoms with van der Waals surface area (Å²) in [7, 11) is 1.73. The van der Waals surface area contributed by atoms with Crippen molar-refractivity contribution in [3.8, 4) is 0 Å². The molecular formula is C14H22N2OS. The summed E-state index contributed by atoms with van der Waals surface area (Å²) in [6, 6.07) is 2.79. The van der Waals surface area contributed by atoms with E-state index < -0.39 is 0 Å². The Hall–Kier alpha value is -0.870. The van der Waals surface area contributed by atoms with E-state index in [-0.39, 0.29) is 11.8 Å². The molecule has 18 heavy (non-hydrogen) atoms. The van der Waals surface area contributed by atoms with E-state index in [0.717, 1.165) is 12.8 Å². The van der Waals surface area contributed by atoms with E-state index in [0.29, 0.717) is 12.1 Å². The van der Waals surface area contributed by atoms with E-state index in [1.165, 1.54) is 18.4 Å². The van der Waals surface area contributed by atoms with Gasteiger partial charge < -0.3 is 10.6 Å². The fourth-order valence-electron chi connectivity index (χ4n) is 2.77. The molecule has 2 rings (SSSR count). The fourth-order valence-corrected chi connectivity index (χ4v) is 3.52. The van der Waals surface area contributed by atoms with Crippen LogP contribution in [0.25, 0.3) is 0 Å². The highest BCUT2D eigenvalue weighted by Gasteiger charge is 2.31. The molecule has 0 aromatic carbocycles. The quantitative estimate of drug-likeness (QED) is 0.880. The lowest BCUT2D eigenvalue weighted by molar-refractivity contribution is -0.126. The number of rotatable bonds is 4. The average Bonchev–Trinajstić information content (AvgIpc) is 2.92. The van der Waals surface area contributed by atoms with Crippen molar-refractivity contribution in [3.05, 3.63) is 22.4 Å². The first-order chi connectivity index (χ1) is 8.72. The van der Waals surface area contributed by atoms with Gasteiger partial charge >= 0.3 is 0 Å². The molecule has 100 valence electrons. The van der Waals surface area contributed by atoms with Gasteiger partial charge in [-0.1, -0.05) is 12.8 Å². The van der Waals surface area contributed by atoms with Crippen LogP contribution >= 0.6 is 11.3 Å². The van der Waals surface area contributed by atoms with E-state index in [1.54, 1.807) is 18.4 Å². The number of hydrogen-bond donors (Lipinski definition) is 2. The van der Waals surface area contributed by atoms with Gasteiger partial charge in [0.1, 0.15) is 0 Å². The highest BCUT2D eigenvalue weighted by atomic mass is 32.1. The first-order valence-corrected chi connectivity index (χ1v) is 7.66. The van der Waals surface area contributed by atoms with Crippen LogP contribution < -0.4 is 10.6 Å². The first-order valence-electron chi connectivity index (χ1n) is 6.72. The smallest absolute Gasteiger partial charge is 0.224 e. The van der Waals surface area contributed by atoms with Gasteiger partial charge in [-0.05, 0) is 42.2 Å². The molecule has 1 heterocycles. The van der Waals surface area contributed by atoms with Crippen molar-refractivity contribution in [2.24, 2.45) is 5.92 Å². The SMILES string of the molecule is CNC(=O)[C@@H]1CCCC[C@H]1N[C@@H](C)c1ccsc1. The van der Waals surface area contributed by atoms with Crippen LogP contribution in [-0.4, -0.2) is 19.0 Å². The van der Waals surface area contributed by atoms with Gasteiger partial charge in [-0.25, -0.2) is 0 Å². The highest BCUT2D eigenvalue weighted by Crippen LogP contribution is 2.27. The number of carbonyl (C=O) groups excluding carboxylic acids is 1. The molecule has 1 aromatic heterocycles. The number of carbonyl (C=O) groups is 1. The van der Waals surface area contributed by atoms with Crippen LogP contribution in [0.5, 0.6) is 0 Å². The molecular weight excluding hydrogens is 244 g/mol. The average molecular weight is 266 g/mol. The third kappa shape index (κ3) is 3.12. The summed E-state index contributed by atoms with van der Waals surface area (Å²) in [6.45, 7) is 2.18. The van der Waals surface area contributed by atoms with Gasteiger partial charge in [0.15, 0.2) is 0 Å². The molecule has 0 unspecified atom stereocenters. The molecule has 1 saturated carbocycles. The first kappa shape index (κ1) is 13.6.